The number of benzene rings is 1. The molecule has 0 saturated carbocycles. The number of nitrogens with zero attached hydrogens (tertiary/aromatic N) is 3. The van der Waals surface area contributed by atoms with Crippen LogP contribution in [0.3, 0.4) is 0 Å². The molecule has 2 aliphatic heterocycles. The van der Waals surface area contributed by atoms with E-state index in [1.54, 1.807) is 11.3 Å². The van der Waals surface area contributed by atoms with E-state index >= 15 is 0 Å². The van der Waals surface area contributed by atoms with Crippen LogP contribution in [0.5, 0.6) is 0 Å². The minimum atomic E-state index is -0.506. The molecular weight excluding hydrogens is 486 g/mol. The summed E-state index contributed by atoms with van der Waals surface area (Å²) in [7, 11) is 0. The maximum absolute atomic E-state index is 12.5. The number of amidine groups is 1. The van der Waals surface area contributed by atoms with Crippen LogP contribution in [0.2, 0.25) is 0 Å². The van der Waals surface area contributed by atoms with Crippen LogP contribution < -0.4 is 16.0 Å². The zero-order valence-electron chi connectivity index (χ0n) is 22.2. The molecule has 9 heteroatoms. The van der Waals surface area contributed by atoms with Gasteiger partial charge in [-0.1, -0.05) is 6.92 Å². The van der Waals surface area contributed by atoms with Crippen LogP contribution in [0.25, 0.3) is 6.08 Å². The van der Waals surface area contributed by atoms with Crippen LogP contribution in [0, 0.1) is 0 Å². The Balaban J connectivity index is 1.35. The number of amides is 1. The number of nitrogens with one attached hydrogen (secondary N) is 1. The second-order valence-electron chi connectivity index (χ2n) is 10.5. The first kappa shape index (κ1) is 26.9. The first-order valence-electron chi connectivity index (χ1n) is 12.9. The average Bonchev–Trinajstić information content (AvgIpc) is 3.13. The Morgan fingerprint density at radius 1 is 1.14 bits per heavy atom. The van der Waals surface area contributed by atoms with E-state index in [0.717, 1.165) is 55.4 Å². The molecule has 1 amide bonds. The first-order valence-corrected chi connectivity index (χ1v) is 13.7. The van der Waals surface area contributed by atoms with Crippen LogP contribution in [0.15, 0.2) is 40.9 Å². The quantitative estimate of drug-likeness (QED) is 0.524. The van der Waals surface area contributed by atoms with Gasteiger partial charge in [-0.25, -0.2) is 9.79 Å². The largest absolute Gasteiger partial charge is 0.456 e. The second kappa shape index (κ2) is 11.5. The van der Waals surface area contributed by atoms with Gasteiger partial charge in [0.05, 0.1) is 16.1 Å². The molecule has 3 heterocycles. The fourth-order valence-corrected chi connectivity index (χ4v) is 5.45. The maximum Gasteiger partial charge on any atom is 0.338 e. The number of hydrogen-bond acceptors (Lipinski definition) is 8. The van der Waals surface area contributed by atoms with Crippen molar-refractivity contribution < 1.29 is 14.3 Å². The summed E-state index contributed by atoms with van der Waals surface area (Å²) in [6.07, 6.45) is 3.20. The molecule has 4 rings (SSSR count). The van der Waals surface area contributed by atoms with Crippen LogP contribution in [-0.2, 0) is 16.1 Å². The lowest BCUT2D eigenvalue weighted by Crippen LogP contribution is -2.45. The SMILES string of the molecule is CCCNC(=O)C1=Cc2sc(CN3CCN(c4ccc(C(=O)OC(C)(C)C)cc4)CC3)cc2N=C(N)C1. The van der Waals surface area contributed by atoms with Gasteiger partial charge in [0.15, 0.2) is 0 Å². The van der Waals surface area contributed by atoms with Gasteiger partial charge in [-0.3, -0.25) is 9.69 Å². The van der Waals surface area contributed by atoms with Gasteiger partial charge in [-0.15, -0.1) is 11.3 Å². The fourth-order valence-electron chi connectivity index (χ4n) is 4.34. The molecule has 0 spiro atoms. The highest BCUT2D eigenvalue weighted by Crippen LogP contribution is 2.35. The number of fused-ring (bicyclic) bond motifs is 1. The number of nitrogens with two attached hydrogens (primary N) is 1. The van der Waals surface area contributed by atoms with Gasteiger partial charge in [0.2, 0.25) is 5.91 Å². The lowest BCUT2D eigenvalue weighted by atomic mass is 10.1. The molecule has 0 radical (unpaired) electrons. The monoisotopic (exact) mass is 523 g/mol. The number of thiophene rings is 1. The molecule has 1 saturated heterocycles. The van der Waals surface area contributed by atoms with Crippen LogP contribution >= 0.6 is 11.3 Å². The standard InChI is InChI=1S/C28H37N5O3S/c1-5-10-30-26(34)20-15-24-23(31-25(29)16-20)17-22(37-24)18-32-11-13-33(14-12-32)21-8-6-19(7-9-21)27(35)36-28(2,3)4/h6-9,15,17H,5,10-14,16,18H2,1-4H3,(H2,29,31)(H,30,34). The summed E-state index contributed by atoms with van der Waals surface area (Å²) in [4.78, 5) is 36.4. The van der Waals surface area contributed by atoms with Gasteiger partial charge < -0.3 is 20.7 Å². The Kier molecular flexibility index (Phi) is 8.34. The summed E-state index contributed by atoms with van der Waals surface area (Å²) in [5.41, 5.74) is 8.79. The normalized spacial score (nSPS) is 16.4. The summed E-state index contributed by atoms with van der Waals surface area (Å²) < 4.78 is 5.46. The predicted octanol–water partition coefficient (Wildman–Crippen LogP) is 4.33. The molecule has 1 aromatic carbocycles. The molecule has 0 unspecified atom stereocenters. The van der Waals surface area contributed by atoms with Gasteiger partial charge in [-0.2, -0.15) is 0 Å². The third-order valence-corrected chi connectivity index (χ3v) is 7.23. The second-order valence-corrected chi connectivity index (χ2v) is 11.6. The van der Waals surface area contributed by atoms with E-state index in [4.69, 9.17) is 10.5 Å². The van der Waals surface area contributed by atoms with Crippen molar-refractivity contribution in [3.05, 3.63) is 51.2 Å². The van der Waals surface area contributed by atoms with Crippen molar-refractivity contribution in [2.75, 3.05) is 37.6 Å². The third kappa shape index (κ3) is 7.20. The summed E-state index contributed by atoms with van der Waals surface area (Å²) >= 11 is 1.68. The van der Waals surface area contributed by atoms with E-state index in [-0.39, 0.29) is 11.9 Å². The molecule has 0 atom stereocenters. The van der Waals surface area contributed by atoms with Crippen molar-refractivity contribution in [3.63, 3.8) is 0 Å². The number of aliphatic imine (C=N–C) groups is 1. The Hall–Kier alpha value is -3.17. The summed E-state index contributed by atoms with van der Waals surface area (Å²) in [5.74, 6) is 0.0956. The number of carbonyl (C=O) groups excluding carboxylic acids is 2. The molecule has 0 aliphatic carbocycles. The van der Waals surface area contributed by atoms with Crippen molar-refractivity contribution in [2.45, 2.75) is 52.7 Å². The van der Waals surface area contributed by atoms with Gasteiger partial charge in [0.1, 0.15) is 11.4 Å². The number of hydrogen-bond donors (Lipinski definition) is 2. The van der Waals surface area contributed by atoms with E-state index in [0.29, 0.717) is 29.9 Å². The summed E-state index contributed by atoms with van der Waals surface area (Å²) in [6, 6.07) is 9.76. The number of rotatable bonds is 7. The number of carbonyl (C=O) groups is 2. The minimum Gasteiger partial charge on any atom is -0.456 e. The molecule has 198 valence electrons. The summed E-state index contributed by atoms with van der Waals surface area (Å²) in [6.45, 7) is 12.8. The molecule has 2 aliphatic rings. The van der Waals surface area contributed by atoms with Gasteiger partial charge >= 0.3 is 5.97 Å². The maximum atomic E-state index is 12.5. The molecule has 1 aromatic heterocycles. The number of esters is 1. The molecule has 2 aromatic rings. The third-order valence-electron chi connectivity index (χ3n) is 6.18. The van der Waals surface area contributed by atoms with Crippen molar-refractivity contribution in [1.29, 1.82) is 0 Å². The van der Waals surface area contributed by atoms with Gasteiger partial charge in [-0.05, 0) is 63.6 Å². The Morgan fingerprint density at radius 3 is 2.49 bits per heavy atom. The van der Waals surface area contributed by atoms with Crippen LogP contribution in [0.4, 0.5) is 11.4 Å². The van der Waals surface area contributed by atoms with Crippen LogP contribution in [0.1, 0.15) is 60.6 Å². The topological polar surface area (TPSA) is 100 Å². The number of piperazine rings is 1. The average molecular weight is 524 g/mol. The first-order chi connectivity index (χ1) is 17.6. The molecule has 3 N–H and O–H groups in total. The Morgan fingerprint density at radius 2 is 1.84 bits per heavy atom. The van der Waals surface area contributed by atoms with Crippen molar-refractivity contribution in [2.24, 2.45) is 10.7 Å². The summed E-state index contributed by atoms with van der Waals surface area (Å²) in [5, 5.41) is 2.94. The predicted molar refractivity (Wildman–Crippen MR) is 151 cm³/mol. The lowest BCUT2D eigenvalue weighted by molar-refractivity contribution is -0.117. The molecule has 8 nitrogen and oxygen atoms in total. The van der Waals surface area contributed by atoms with Crippen molar-refractivity contribution in [1.82, 2.24) is 10.2 Å². The molecule has 1 fully saturated rings. The highest BCUT2D eigenvalue weighted by Gasteiger charge is 2.22. The van der Waals surface area contributed by atoms with E-state index in [1.807, 2.05) is 58.0 Å². The zero-order valence-corrected chi connectivity index (χ0v) is 23.0. The molecular formula is C28H37N5O3S. The zero-order chi connectivity index (χ0) is 26.6. The van der Waals surface area contributed by atoms with E-state index in [1.165, 1.54) is 4.88 Å². The van der Waals surface area contributed by atoms with Crippen molar-refractivity contribution in [3.8, 4) is 0 Å². The van der Waals surface area contributed by atoms with Crippen molar-refractivity contribution >= 4 is 46.5 Å². The Labute approximate surface area is 223 Å². The minimum absolute atomic E-state index is 0.0713. The highest BCUT2D eigenvalue weighted by molar-refractivity contribution is 7.13. The Bertz CT molecular complexity index is 1190. The van der Waals surface area contributed by atoms with Gasteiger partial charge in [0.25, 0.3) is 0 Å². The van der Waals surface area contributed by atoms with E-state index < -0.39 is 5.60 Å². The van der Waals surface area contributed by atoms with Crippen LogP contribution in [-0.4, -0.2) is 60.9 Å². The highest BCUT2D eigenvalue weighted by atomic mass is 32.1. The fraction of sp³-hybridized carbons (Fsp3) is 0.464. The van der Waals surface area contributed by atoms with E-state index in [2.05, 4.69) is 26.2 Å². The molecule has 0 bridgehead atoms. The smallest absolute Gasteiger partial charge is 0.338 e. The number of anilines is 1. The molecule has 37 heavy (non-hydrogen) atoms. The van der Waals surface area contributed by atoms with E-state index in [9.17, 15) is 9.59 Å². The van der Waals surface area contributed by atoms with Gasteiger partial charge in [0, 0.05) is 61.8 Å². The number of ether oxygens (including phenoxy) is 1. The lowest BCUT2D eigenvalue weighted by Gasteiger charge is -2.36.